The summed E-state index contributed by atoms with van der Waals surface area (Å²) in [5.74, 6) is 0. The van der Waals surface area contributed by atoms with Crippen molar-refractivity contribution in [2.24, 2.45) is 0 Å². The Morgan fingerprint density at radius 1 is 1.19 bits per heavy atom. The third kappa shape index (κ3) is 8.17. The molecule has 1 atom stereocenters. The molecule has 0 saturated heterocycles. The van der Waals surface area contributed by atoms with Crippen LogP contribution in [0.2, 0.25) is 0 Å². The summed E-state index contributed by atoms with van der Waals surface area (Å²) in [4.78, 5) is 25.8. The molecule has 0 radical (unpaired) electrons. The van der Waals surface area contributed by atoms with Crippen LogP contribution in [0.3, 0.4) is 0 Å². The van der Waals surface area contributed by atoms with Crippen LogP contribution in [0.5, 0.6) is 0 Å². The number of nitrogens with zero attached hydrogens (tertiary/aromatic N) is 3. The molecule has 0 aliphatic heterocycles. The van der Waals surface area contributed by atoms with Crippen LogP contribution in [0.1, 0.15) is 66.6 Å². The number of carbonyl (C=O) groups is 2. The quantitative estimate of drug-likeness (QED) is 0.746. The summed E-state index contributed by atoms with van der Waals surface area (Å²) in [7, 11) is 0. The van der Waals surface area contributed by atoms with Crippen molar-refractivity contribution in [3.63, 3.8) is 0 Å². The standard InChI is InChI=1S/C17H31N5O4/c1-12(13-11-19-21-20-13)22(15(24)26-17(5,6)7)10-8-9-18-14(23)25-16(2,3)4/h11-12H,8-10H2,1-7H3,(H,18,23)(H,19,20,21)/t12-/m0/s1. The number of hydrogen-bond donors (Lipinski definition) is 2. The van der Waals surface area contributed by atoms with E-state index in [9.17, 15) is 9.59 Å². The fourth-order valence-electron chi connectivity index (χ4n) is 2.09. The lowest BCUT2D eigenvalue weighted by Crippen LogP contribution is -2.40. The van der Waals surface area contributed by atoms with Crippen LogP contribution in [0.4, 0.5) is 9.59 Å². The van der Waals surface area contributed by atoms with Gasteiger partial charge in [0.25, 0.3) is 0 Å². The van der Waals surface area contributed by atoms with Gasteiger partial charge in [0.1, 0.15) is 16.9 Å². The summed E-state index contributed by atoms with van der Waals surface area (Å²) in [5, 5.41) is 13.0. The van der Waals surface area contributed by atoms with E-state index in [1.165, 1.54) is 0 Å². The molecule has 9 nitrogen and oxygen atoms in total. The molecule has 0 unspecified atom stereocenters. The van der Waals surface area contributed by atoms with Crippen molar-refractivity contribution in [3.8, 4) is 0 Å². The molecule has 26 heavy (non-hydrogen) atoms. The third-order valence-electron chi connectivity index (χ3n) is 3.20. The summed E-state index contributed by atoms with van der Waals surface area (Å²) in [6.07, 6.45) is 1.19. The van der Waals surface area contributed by atoms with Gasteiger partial charge in [0.2, 0.25) is 0 Å². The highest BCUT2D eigenvalue weighted by atomic mass is 16.6. The number of aromatic nitrogens is 3. The number of ether oxygens (including phenoxy) is 2. The number of hydrogen-bond acceptors (Lipinski definition) is 6. The van der Waals surface area contributed by atoms with E-state index in [4.69, 9.17) is 9.47 Å². The van der Waals surface area contributed by atoms with Crippen LogP contribution in [-0.2, 0) is 9.47 Å². The second-order valence-electron chi connectivity index (χ2n) is 8.03. The Labute approximate surface area is 154 Å². The van der Waals surface area contributed by atoms with E-state index in [2.05, 4.69) is 20.7 Å². The van der Waals surface area contributed by atoms with E-state index in [0.717, 1.165) is 0 Å². The normalized spacial score (nSPS) is 13.0. The van der Waals surface area contributed by atoms with Crippen LogP contribution in [0.15, 0.2) is 6.20 Å². The molecule has 148 valence electrons. The minimum atomic E-state index is -0.604. The number of amides is 2. The van der Waals surface area contributed by atoms with Crippen molar-refractivity contribution in [3.05, 3.63) is 11.9 Å². The molecule has 1 aromatic rings. The van der Waals surface area contributed by atoms with Gasteiger partial charge in [0, 0.05) is 13.1 Å². The maximum absolute atomic E-state index is 12.5. The first-order chi connectivity index (χ1) is 11.9. The Morgan fingerprint density at radius 3 is 2.31 bits per heavy atom. The fraction of sp³-hybridized carbons (Fsp3) is 0.765. The molecule has 1 heterocycles. The van der Waals surface area contributed by atoms with Crippen molar-refractivity contribution in [1.82, 2.24) is 25.6 Å². The Balaban J connectivity index is 2.62. The number of H-pyrrole nitrogens is 1. The Bertz CT molecular complexity index is 575. The van der Waals surface area contributed by atoms with Gasteiger partial charge in [0.15, 0.2) is 0 Å². The first-order valence-corrected chi connectivity index (χ1v) is 8.71. The van der Waals surface area contributed by atoms with Gasteiger partial charge in [-0.3, -0.25) is 4.90 Å². The van der Waals surface area contributed by atoms with Gasteiger partial charge in [-0.05, 0) is 54.9 Å². The van der Waals surface area contributed by atoms with Gasteiger partial charge in [-0.25, -0.2) is 9.59 Å². The lowest BCUT2D eigenvalue weighted by Gasteiger charge is -2.31. The van der Waals surface area contributed by atoms with E-state index in [1.807, 2.05) is 27.7 Å². The van der Waals surface area contributed by atoms with Gasteiger partial charge >= 0.3 is 12.2 Å². The molecule has 1 rings (SSSR count). The molecular formula is C17H31N5O4. The zero-order valence-corrected chi connectivity index (χ0v) is 16.8. The molecule has 0 spiro atoms. The van der Waals surface area contributed by atoms with E-state index in [0.29, 0.717) is 25.2 Å². The molecule has 0 aromatic carbocycles. The molecule has 0 saturated carbocycles. The van der Waals surface area contributed by atoms with Crippen molar-refractivity contribution in [2.45, 2.75) is 72.1 Å². The van der Waals surface area contributed by atoms with Crippen molar-refractivity contribution in [1.29, 1.82) is 0 Å². The molecular weight excluding hydrogens is 338 g/mol. The van der Waals surface area contributed by atoms with Gasteiger partial charge in [0.05, 0.1) is 12.2 Å². The molecule has 0 bridgehead atoms. The largest absolute Gasteiger partial charge is 0.444 e. The molecule has 9 heteroatoms. The maximum Gasteiger partial charge on any atom is 0.410 e. The van der Waals surface area contributed by atoms with E-state index in [-0.39, 0.29) is 6.04 Å². The Kier molecular flexibility index (Phi) is 7.41. The lowest BCUT2D eigenvalue weighted by molar-refractivity contribution is 0.0167. The highest BCUT2D eigenvalue weighted by Gasteiger charge is 2.28. The van der Waals surface area contributed by atoms with Crippen molar-refractivity contribution < 1.29 is 19.1 Å². The van der Waals surface area contributed by atoms with E-state index in [1.54, 1.807) is 31.9 Å². The van der Waals surface area contributed by atoms with Crippen molar-refractivity contribution in [2.75, 3.05) is 13.1 Å². The maximum atomic E-state index is 12.5. The molecule has 2 N–H and O–H groups in total. The minimum Gasteiger partial charge on any atom is -0.444 e. The number of carbonyl (C=O) groups excluding carboxylic acids is 2. The summed E-state index contributed by atoms with van der Waals surface area (Å²) in [6.45, 7) is 13.5. The zero-order chi connectivity index (χ0) is 20.0. The van der Waals surface area contributed by atoms with Gasteiger partial charge in [-0.1, -0.05) is 0 Å². The zero-order valence-electron chi connectivity index (χ0n) is 16.8. The molecule has 0 aliphatic rings. The van der Waals surface area contributed by atoms with Crippen LogP contribution in [-0.4, -0.2) is 56.8 Å². The second kappa shape index (κ2) is 8.86. The summed E-state index contributed by atoms with van der Waals surface area (Å²) >= 11 is 0. The topological polar surface area (TPSA) is 109 Å². The van der Waals surface area contributed by atoms with E-state index < -0.39 is 23.4 Å². The first-order valence-electron chi connectivity index (χ1n) is 8.71. The smallest absolute Gasteiger partial charge is 0.410 e. The highest BCUT2D eigenvalue weighted by Crippen LogP contribution is 2.21. The van der Waals surface area contributed by atoms with Crippen LogP contribution in [0.25, 0.3) is 0 Å². The second-order valence-corrected chi connectivity index (χ2v) is 8.03. The molecule has 1 aromatic heterocycles. The Hall–Kier alpha value is -2.32. The SMILES string of the molecule is C[C@@H](c1cn[nH]n1)N(CCCNC(=O)OC(C)(C)C)C(=O)OC(C)(C)C. The Morgan fingerprint density at radius 2 is 1.81 bits per heavy atom. The van der Waals surface area contributed by atoms with Crippen LogP contribution in [0, 0.1) is 0 Å². The van der Waals surface area contributed by atoms with E-state index >= 15 is 0 Å². The van der Waals surface area contributed by atoms with Gasteiger partial charge in [-0.15, -0.1) is 0 Å². The monoisotopic (exact) mass is 369 g/mol. The third-order valence-corrected chi connectivity index (χ3v) is 3.20. The van der Waals surface area contributed by atoms with Crippen LogP contribution < -0.4 is 5.32 Å². The highest BCUT2D eigenvalue weighted by molar-refractivity contribution is 5.69. The summed E-state index contributed by atoms with van der Waals surface area (Å²) < 4.78 is 10.7. The molecule has 2 amide bonds. The van der Waals surface area contributed by atoms with Gasteiger partial charge < -0.3 is 14.8 Å². The number of aromatic amines is 1. The average molecular weight is 369 g/mol. The van der Waals surface area contributed by atoms with Crippen molar-refractivity contribution >= 4 is 12.2 Å². The minimum absolute atomic E-state index is 0.315. The predicted molar refractivity (Wildman–Crippen MR) is 96.6 cm³/mol. The predicted octanol–water partition coefficient (Wildman–Crippen LogP) is 3.02. The first kappa shape index (κ1) is 21.7. The number of alkyl carbamates (subject to hydrolysis) is 1. The fourth-order valence-corrected chi connectivity index (χ4v) is 2.09. The number of rotatable bonds is 6. The molecule has 0 fully saturated rings. The molecule has 0 aliphatic carbocycles. The summed E-state index contributed by atoms with van der Waals surface area (Å²) in [5.41, 5.74) is -0.516. The number of nitrogens with one attached hydrogen (secondary N) is 2. The average Bonchev–Trinajstić information content (AvgIpc) is 2.96. The summed E-state index contributed by atoms with van der Waals surface area (Å²) in [6, 6.07) is -0.315. The van der Waals surface area contributed by atoms with Gasteiger partial charge in [-0.2, -0.15) is 15.4 Å². The lowest BCUT2D eigenvalue weighted by atomic mass is 10.2. The van der Waals surface area contributed by atoms with Crippen LogP contribution >= 0.6 is 0 Å².